The van der Waals surface area contributed by atoms with Crippen LogP contribution in [0.4, 0.5) is 0 Å². The topological polar surface area (TPSA) is 74.8 Å². The number of carbonyl (C=O) groups excluding carboxylic acids is 1. The molecule has 1 amide bonds. The van der Waals surface area contributed by atoms with Gasteiger partial charge in [0.15, 0.2) is 0 Å². The Hall–Kier alpha value is -2.56. The fourth-order valence-corrected chi connectivity index (χ4v) is 2.96. The van der Waals surface area contributed by atoms with Crippen LogP contribution in [0.2, 0.25) is 0 Å². The van der Waals surface area contributed by atoms with Gasteiger partial charge in [-0.3, -0.25) is 4.79 Å². The van der Waals surface area contributed by atoms with Crippen LogP contribution in [0.25, 0.3) is 0 Å². The van der Waals surface area contributed by atoms with E-state index in [0.717, 1.165) is 16.7 Å². The number of hydrogen-bond acceptors (Lipinski definition) is 4. The van der Waals surface area contributed by atoms with Gasteiger partial charge in [-0.25, -0.2) is 5.43 Å². The van der Waals surface area contributed by atoms with Crippen molar-refractivity contribution in [2.75, 3.05) is 0 Å². The van der Waals surface area contributed by atoms with E-state index >= 15 is 0 Å². The van der Waals surface area contributed by atoms with E-state index in [-0.39, 0.29) is 16.7 Å². The Labute approximate surface area is 161 Å². The van der Waals surface area contributed by atoms with Crippen LogP contribution in [0.15, 0.2) is 27.7 Å². The van der Waals surface area contributed by atoms with Gasteiger partial charge in [0, 0.05) is 11.1 Å². The fraction of sp³-hybridized carbons (Fsp3) is 0.455. The fourth-order valence-electron chi connectivity index (χ4n) is 2.96. The summed E-state index contributed by atoms with van der Waals surface area (Å²) in [7, 11) is 0. The first-order valence-electron chi connectivity index (χ1n) is 9.09. The first-order chi connectivity index (χ1) is 12.3. The number of aryl methyl sites for hydroxylation is 2. The van der Waals surface area contributed by atoms with Gasteiger partial charge in [0.25, 0.3) is 5.91 Å². The van der Waals surface area contributed by atoms with E-state index in [0.29, 0.717) is 22.8 Å². The maximum atomic E-state index is 12.3. The van der Waals surface area contributed by atoms with Crippen LogP contribution in [-0.4, -0.2) is 17.2 Å². The molecule has 0 fully saturated rings. The van der Waals surface area contributed by atoms with Crippen molar-refractivity contribution < 1.29 is 14.3 Å². The molecule has 0 aliphatic heterocycles. The van der Waals surface area contributed by atoms with Crippen LogP contribution >= 0.6 is 0 Å². The van der Waals surface area contributed by atoms with E-state index in [1.807, 2.05) is 12.1 Å². The third-order valence-electron chi connectivity index (χ3n) is 4.41. The molecule has 0 spiro atoms. The van der Waals surface area contributed by atoms with Gasteiger partial charge in [-0.05, 0) is 48.4 Å². The van der Waals surface area contributed by atoms with Crippen molar-refractivity contribution in [3.8, 4) is 5.75 Å². The lowest BCUT2D eigenvalue weighted by molar-refractivity contribution is 0.0953. The summed E-state index contributed by atoms with van der Waals surface area (Å²) in [6.07, 6.45) is 1.60. The zero-order valence-corrected chi connectivity index (χ0v) is 17.5. The quantitative estimate of drug-likeness (QED) is 0.592. The van der Waals surface area contributed by atoms with Gasteiger partial charge >= 0.3 is 0 Å². The highest BCUT2D eigenvalue weighted by Gasteiger charge is 2.26. The van der Waals surface area contributed by atoms with E-state index in [1.54, 1.807) is 26.1 Å². The molecule has 1 heterocycles. The number of furan rings is 1. The van der Waals surface area contributed by atoms with E-state index in [4.69, 9.17) is 4.42 Å². The van der Waals surface area contributed by atoms with E-state index in [9.17, 15) is 9.90 Å². The minimum absolute atomic E-state index is 0.220. The number of hydrogen-bond donors (Lipinski definition) is 2. The maximum Gasteiger partial charge on any atom is 0.274 e. The van der Waals surface area contributed by atoms with Crippen molar-refractivity contribution in [3.05, 3.63) is 52.0 Å². The Morgan fingerprint density at radius 2 is 1.56 bits per heavy atom. The summed E-state index contributed by atoms with van der Waals surface area (Å²) in [5, 5.41) is 14.9. The number of hydrazone groups is 1. The molecule has 0 atom stereocenters. The second-order valence-electron chi connectivity index (χ2n) is 8.99. The second kappa shape index (κ2) is 7.22. The summed E-state index contributed by atoms with van der Waals surface area (Å²) in [6, 6.07) is 5.51. The molecule has 2 N–H and O–H groups in total. The van der Waals surface area contributed by atoms with Crippen molar-refractivity contribution >= 4 is 12.1 Å². The molecule has 2 rings (SSSR count). The van der Waals surface area contributed by atoms with Gasteiger partial charge < -0.3 is 9.52 Å². The molecule has 146 valence electrons. The number of phenols is 1. The van der Waals surface area contributed by atoms with Gasteiger partial charge in [0.05, 0.1) is 11.8 Å². The van der Waals surface area contributed by atoms with Crippen LogP contribution in [0.5, 0.6) is 5.75 Å². The standard InChI is InChI=1S/C22H30N2O3/c1-13-9-16(14(2)27-13)20(26)24-23-12-15-10-17(21(3,4)5)19(25)18(11-15)22(6,7)8/h9-12,25H,1-8H3,(H,24,26). The Kier molecular flexibility index (Phi) is 5.55. The smallest absolute Gasteiger partial charge is 0.274 e. The number of carbonyl (C=O) groups is 1. The molecular weight excluding hydrogens is 340 g/mol. The molecule has 1 aromatic carbocycles. The predicted molar refractivity (Wildman–Crippen MR) is 109 cm³/mol. The molecule has 0 saturated heterocycles. The van der Waals surface area contributed by atoms with E-state index in [2.05, 4.69) is 52.1 Å². The highest BCUT2D eigenvalue weighted by molar-refractivity contribution is 5.96. The number of rotatable bonds is 3. The first-order valence-corrected chi connectivity index (χ1v) is 9.09. The molecule has 0 aliphatic carbocycles. The number of amides is 1. The Bertz CT molecular complexity index is 843. The molecular formula is C22H30N2O3. The van der Waals surface area contributed by atoms with Crippen molar-refractivity contribution in [1.82, 2.24) is 5.43 Å². The SMILES string of the molecule is Cc1cc(C(=O)NN=Cc2cc(C(C)(C)C)c(O)c(C(C)(C)C)c2)c(C)o1. The highest BCUT2D eigenvalue weighted by Crippen LogP contribution is 2.39. The highest BCUT2D eigenvalue weighted by atomic mass is 16.3. The number of aromatic hydroxyl groups is 1. The molecule has 27 heavy (non-hydrogen) atoms. The Balaban J connectivity index is 2.34. The van der Waals surface area contributed by atoms with E-state index in [1.165, 1.54) is 0 Å². The summed E-state index contributed by atoms with van der Waals surface area (Å²) >= 11 is 0. The summed E-state index contributed by atoms with van der Waals surface area (Å²) < 4.78 is 5.38. The zero-order valence-electron chi connectivity index (χ0n) is 17.5. The molecule has 0 saturated carbocycles. The lowest BCUT2D eigenvalue weighted by Crippen LogP contribution is -2.19. The van der Waals surface area contributed by atoms with Gasteiger partial charge in [-0.2, -0.15) is 5.10 Å². The Morgan fingerprint density at radius 3 is 1.96 bits per heavy atom. The first kappa shape index (κ1) is 20.7. The number of benzene rings is 1. The number of nitrogens with one attached hydrogen (secondary N) is 1. The Morgan fingerprint density at radius 1 is 1.04 bits per heavy atom. The summed E-state index contributed by atoms with van der Waals surface area (Å²) in [5.74, 6) is 1.26. The molecule has 0 aliphatic rings. The van der Waals surface area contributed by atoms with Crippen molar-refractivity contribution in [1.29, 1.82) is 0 Å². The van der Waals surface area contributed by atoms with Gasteiger partial charge in [0.1, 0.15) is 17.3 Å². The van der Waals surface area contributed by atoms with E-state index < -0.39 is 0 Å². The van der Waals surface area contributed by atoms with Crippen molar-refractivity contribution in [2.24, 2.45) is 5.10 Å². The monoisotopic (exact) mass is 370 g/mol. The molecule has 2 aromatic rings. The minimum Gasteiger partial charge on any atom is -0.507 e. The lowest BCUT2D eigenvalue weighted by Gasteiger charge is -2.27. The summed E-state index contributed by atoms with van der Waals surface area (Å²) in [5.41, 5.74) is 5.10. The summed E-state index contributed by atoms with van der Waals surface area (Å²) in [4.78, 5) is 12.3. The molecule has 1 aromatic heterocycles. The van der Waals surface area contributed by atoms with Crippen LogP contribution in [-0.2, 0) is 10.8 Å². The molecule has 0 unspecified atom stereocenters. The average Bonchev–Trinajstić information content (AvgIpc) is 2.85. The minimum atomic E-state index is -0.313. The van der Waals surface area contributed by atoms with Gasteiger partial charge in [-0.15, -0.1) is 0 Å². The van der Waals surface area contributed by atoms with Crippen LogP contribution in [0.3, 0.4) is 0 Å². The molecule has 0 radical (unpaired) electrons. The molecule has 0 bridgehead atoms. The average molecular weight is 370 g/mol. The van der Waals surface area contributed by atoms with Crippen LogP contribution in [0.1, 0.15) is 80.1 Å². The maximum absolute atomic E-state index is 12.3. The third-order valence-corrected chi connectivity index (χ3v) is 4.41. The molecule has 5 nitrogen and oxygen atoms in total. The second-order valence-corrected chi connectivity index (χ2v) is 8.99. The normalized spacial score (nSPS) is 12.6. The summed E-state index contributed by atoms with van der Waals surface area (Å²) in [6.45, 7) is 15.9. The predicted octanol–water partition coefficient (Wildman–Crippen LogP) is 4.96. The molecule has 5 heteroatoms. The van der Waals surface area contributed by atoms with Gasteiger partial charge in [-0.1, -0.05) is 41.5 Å². The van der Waals surface area contributed by atoms with Crippen LogP contribution in [0, 0.1) is 13.8 Å². The lowest BCUT2D eigenvalue weighted by atomic mass is 9.78. The van der Waals surface area contributed by atoms with Crippen molar-refractivity contribution in [2.45, 2.75) is 66.2 Å². The zero-order chi connectivity index (χ0) is 20.6. The number of nitrogens with zero attached hydrogens (tertiary/aromatic N) is 1. The van der Waals surface area contributed by atoms with Gasteiger partial charge in [0.2, 0.25) is 0 Å². The van der Waals surface area contributed by atoms with Crippen molar-refractivity contribution in [3.63, 3.8) is 0 Å². The van der Waals surface area contributed by atoms with Crippen LogP contribution < -0.4 is 5.43 Å². The number of phenolic OH excluding ortho intramolecular Hbond substituents is 1. The largest absolute Gasteiger partial charge is 0.507 e. The third kappa shape index (κ3) is 4.79.